The molecule has 1 aliphatic heterocycles. The molecule has 4 heterocycles. The second kappa shape index (κ2) is 9.57. The lowest BCUT2D eigenvalue weighted by Crippen LogP contribution is -2.49. The van der Waals surface area contributed by atoms with Crippen LogP contribution in [0.25, 0.3) is 11.0 Å². The summed E-state index contributed by atoms with van der Waals surface area (Å²) in [6, 6.07) is 6.18. The van der Waals surface area contributed by atoms with Crippen molar-refractivity contribution in [3.05, 3.63) is 30.1 Å². The lowest BCUT2D eigenvalue weighted by Gasteiger charge is -2.32. The van der Waals surface area contributed by atoms with E-state index in [-0.39, 0.29) is 5.92 Å². The molecule has 0 aliphatic carbocycles. The minimum Gasteiger partial charge on any atom is -0.380 e. The summed E-state index contributed by atoms with van der Waals surface area (Å²) in [5.41, 5.74) is 2.75. The molecule has 3 aromatic heterocycles. The van der Waals surface area contributed by atoms with Gasteiger partial charge in [-0.25, -0.2) is 9.97 Å². The van der Waals surface area contributed by atoms with Crippen molar-refractivity contribution in [3.63, 3.8) is 0 Å². The number of rotatable bonds is 8. The zero-order valence-electron chi connectivity index (χ0n) is 18.8. The molecule has 31 heavy (non-hydrogen) atoms. The molecule has 0 amide bonds. The number of nitrogens with zero attached hydrogens (tertiary/aromatic N) is 6. The first-order valence-corrected chi connectivity index (χ1v) is 11.1. The highest BCUT2D eigenvalue weighted by atomic mass is 16.5. The van der Waals surface area contributed by atoms with Crippen molar-refractivity contribution < 1.29 is 4.74 Å². The Labute approximate surface area is 183 Å². The molecule has 0 aromatic carbocycles. The molecule has 166 valence electrons. The summed E-state index contributed by atoms with van der Waals surface area (Å²) in [7, 11) is 0. The number of aromatic nitrogens is 5. The van der Waals surface area contributed by atoms with Gasteiger partial charge in [0, 0.05) is 38.5 Å². The summed E-state index contributed by atoms with van der Waals surface area (Å²) < 4.78 is 7.56. The predicted octanol–water partition coefficient (Wildman–Crippen LogP) is 2.92. The predicted molar refractivity (Wildman–Crippen MR) is 123 cm³/mol. The summed E-state index contributed by atoms with van der Waals surface area (Å²) in [4.78, 5) is 16.6. The smallest absolute Gasteiger partial charge is 0.228 e. The normalized spacial score (nSPS) is 16.9. The molecule has 0 spiro atoms. The van der Waals surface area contributed by atoms with Gasteiger partial charge in [-0.3, -0.25) is 4.68 Å². The first kappa shape index (κ1) is 21.5. The van der Waals surface area contributed by atoms with Gasteiger partial charge in [0.1, 0.15) is 16.9 Å². The first-order chi connectivity index (χ1) is 15.1. The third kappa shape index (κ3) is 4.77. The van der Waals surface area contributed by atoms with Crippen molar-refractivity contribution in [1.82, 2.24) is 30.0 Å². The summed E-state index contributed by atoms with van der Waals surface area (Å²) in [5.74, 6) is 2.43. The molecule has 1 aliphatic rings. The van der Waals surface area contributed by atoms with E-state index < -0.39 is 0 Å². The Morgan fingerprint density at radius 3 is 2.87 bits per heavy atom. The van der Waals surface area contributed by atoms with Crippen LogP contribution in [-0.4, -0.2) is 63.6 Å². The van der Waals surface area contributed by atoms with Crippen LogP contribution in [0, 0.1) is 0 Å². The number of nitrogens with one attached hydrogen (secondary N) is 2. The fourth-order valence-electron chi connectivity index (χ4n) is 3.84. The first-order valence-electron chi connectivity index (χ1n) is 11.1. The Kier molecular flexibility index (Phi) is 6.62. The van der Waals surface area contributed by atoms with Gasteiger partial charge in [-0.15, -0.1) is 0 Å². The molecule has 1 fully saturated rings. The molecule has 9 heteroatoms. The number of fused-ring (bicyclic) bond motifs is 1. The van der Waals surface area contributed by atoms with Gasteiger partial charge in [0.15, 0.2) is 5.82 Å². The van der Waals surface area contributed by atoms with Crippen LogP contribution in [0.3, 0.4) is 0 Å². The van der Waals surface area contributed by atoms with E-state index >= 15 is 0 Å². The zero-order chi connectivity index (χ0) is 21.8. The van der Waals surface area contributed by atoms with Crippen LogP contribution in [0.4, 0.5) is 17.6 Å². The topological polar surface area (TPSA) is 93.0 Å². The third-order valence-electron chi connectivity index (χ3n) is 5.36. The van der Waals surface area contributed by atoms with Crippen molar-refractivity contribution in [2.75, 3.05) is 43.1 Å². The van der Waals surface area contributed by atoms with E-state index in [2.05, 4.69) is 41.3 Å². The van der Waals surface area contributed by atoms with Crippen LogP contribution in [0.5, 0.6) is 0 Å². The lowest BCUT2D eigenvalue weighted by atomic mass is 10.1. The quantitative estimate of drug-likeness (QED) is 0.533. The van der Waals surface area contributed by atoms with E-state index in [4.69, 9.17) is 19.8 Å². The van der Waals surface area contributed by atoms with Crippen molar-refractivity contribution in [3.8, 4) is 0 Å². The molecule has 0 unspecified atom stereocenters. The van der Waals surface area contributed by atoms with Crippen LogP contribution >= 0.6 is 0 Å². The number of hydrogen-bond donors (Lipinski definition) is 2. The summed E-state index contributed by atoms with van der Waals surface area (Å²) in [5, 5.41) is 11.8. The highest BCUT2D eigenvalue weighted by molar-refractivity contribution is 5.90. The largest absolute Gasteiger partial charge is 0.380 e. The average Bonchev–Trinajstić information content (AvgIpc) is 3.14. The Hall–Kier alpha value is -2.78. The van der Waals surface area contributed by atoms with Gasteiger partial charge >= 0.3 is 0 Å². The third-order valence-corrected chi connectivity index (χ3v) is 5.36. The van der Waals surface area contributed by atoms with Gasteiger partial charge in [-0.1, -0.05) is 19.9 Å². The van der Waals surface area contributed by atoms with Gasteiger partial charge in [0.05, 0.1) is 18.8 Å². The summed E-state index contributed by atoms with van der Waals surface area (Å²) in [6.07, 6.45) is 1.77. The summed E-state index contributed by atoms with van der Waals surface area (Å²) in [6.45, 7) is 13.0. The molecule has 1 atom stereocenters. The van der Waals surface area contributed by atoms with Crippen LogP contribution in [0.1, 0.15) is 39.3 Å². The number of ether oxygens (including phenoxy) is 1. The van der Waals surface area contributed by atoms with Crippen LogP contribution < -0.4 is 15.5 Å². The molecule has 2 N–H and O–H groups in total. The van der Waals surface area contributed by atoms with Crippen LogP contribution in [0.2, 0.25) is 0 Å². The fraction of sp³-hybridized carbons (Fsp3) is 0.545. The average molecular weight is 425 g/mol. The Bertz CT molecular complexity index is 1000. The standard InChI is InChI=1S/C22H32N8O/c1-5-31-13-12-30-20-19(18(28-30)15(2)3)26-22(29-11-10-23-16(4)14-29)27-21(20)25-17-8-6-7-9-24-17/h6-9,15-16,23H,5,10-14H2,1-4H3,(H,24,25,26,27)/t16-/m1/s1. The van der Waals surface area contributed by atoms with Crippen LogP contribution in [0.15, 0.2) is 24.4 Å². The monoisotopic (exact) mass is 424 g/mol. The number of piperazine rings is 1. The van der Waals surface area contributed by atoms with Gasteiger partial charge in [0.2, 0.25) is 5.95 Å². The Morgan fingerprint density at radius 1 is 1.29 bits per heavy atom. The lowest BCUT2D eigenvalue weighted by molar-refractivity contribution is 0.137. The number of anilines is 3. The van der Waals surface area contributed by atoms with Crippen molar-refractivity contribution in [1.29, 1.82) is 0 Å². The molecule has 9 nitrogen and oxygen atoms in total. The van der Waals surface area contributed by atoms with E-state index in [0.717, 1.165) is 53.9 Å². The van der Waals surface area contributed by atoms with Gasteiger partial charge in [-0.05, 0) is 31.9 Å². The van der Waals surface area contributed by atoms with Crippen molar-refractivity contribution >= 4 is 28.6 Å². The van der Waals surface area contributed by atoms with Gasteiger partial charge in [0.25, 0.3) is 0 Å². The SMILES string of the molecule is CCOCCn1nc(C(C)C)c2nc(N3CCN[C@H](C)C3)nc(Nc3ccccn3)c21. The second-order valence-corrected chi connectivity index (χ2v) is 8.17. The maximum atomic E-state index is 5.60. The van der Waals surface area contributed by atoms with Crippen LogP contribution in [-0.2, 0) is 11.3 Å². The highest BCUT2D eigenvalue weighted by Crippen LogP contribution is 2.31. The van der Waals surface area contributed by atoms with E-state index in [1.54, 1.807) is 6.20 Å². The number of hydrogen-bond acceptors (Lipinski definition) is 8. The highest BCUT2D eigenvalue weighted by Gasteiger charge is 2.24. The molecular formula is C22H32N8O. The van der Waals surface area contributed by atoms with E-state index in [1.807, 2.05) is 29.8 Å². The van der Waals surface area contributed by atoms with E-state index in [9.17, 15) is 0 Å². The molecule has 3 aromatic rings. The molecule has 1 saturated heterocycles. The molecule has 0 radical (unpaired) electrons. The Balaban J connectivity index is 1.84. The van der Waals surface area contributed by atoms with Crippen molar-refractivity contribution in [2.45, 2.75) is 46.2 Å². The maximum absolute atomic E-state index is 5.60. The van der Waals surface area contributed by atoms with Crippen molar-refractivity contribution in [2.24, 2.45) is 0 Å². The fourth-order valence-corrected chi connectivity index (χ4v) is 3.84. The molecule has 0 saturated carbocycles. The Morgan fingerprint density at radius 2 is 2.16 bits per heavy atom. The maximum Gasteiger partial charge on any atom is 0.228 e. The second-order valence-electron chi connectivity index (χ2n) is 8.17. The molecule has 0 bridgehead atoms. The summed E-state index contributed by atoms with van der Waals surface area (Å²) >= 11 is 0. The van der Waals surface area contributed by atoms with Gasteiger partial charge < -0.3 is 20.3 Å². The van der Waals surface area contributed by atoms with Gasteiger partial charge in [-0.2, -0.15) is 10.1 Å². The number of pyridine rings is 1. The van der Waals surface area contributed by atoms with E-state index in [1.165, 1.54) is 0 Å². The molecule has 4 rings (SSSR count). The van der Waals surface area contributed by atoms with E-state index in [0.29, 0.717) is 25.8 Å². The molecular weight excluding hydrogens is 392 g/mol. The zero-order valence-corrected chi connectivity index (χ0v) is 18.8. The minimum atomic E-state index is 0.239. The minimum absolute atomic E-state index is 0.239.